The first-order valence-corrected chi connectivity index (χ1v) is 10.1. The molecule has 1 unspecified atom stereocenters. The average molecular weight is 419 g/mol. The van der Waals surface area contributed by atoms with E-state index in [1.807, 2.05) is 0 Å². The number of imide groups is 1. The lowest BCUT2D eigenvalue weighted by Gasteiger charge is -2.25. The van der Waals surface area contributed by atoms with Gasteiger partial charge in [0.15, 0.2) is 0 Å². The summed E-state index contributed by atoms with van der Waals surface area (Å²) in [5.74, 6) is -1.73. The monoisotopic (exact) mass is 419 g/mol. The number of hydrogen-bond donors (Lipinski definition) is 2. The van der Waals surface area contributed by atoms with Crippen LogP contribution in [0.15, 0.2) is 0 Å². The molecule has 0 aromatic carbocycles. The average Bonchev–Trinajstić information content (AvgIpc) is 3.22. The number of nitrogens with one attached hydrogen (secondary N) is 2. The van der Waals surface area contributed by atoms with E-state index in [1.54, 1.807) is 0 Å². The lowest BCUT2D eigenvalue weighted by molar-refractivity contribution is -0.197. The Morgan fingerprint density at radius 3 is 2.38 bits per heavy atom. The molecular formula is C19H30N4O6. The minimum absolute atomic E-state index is 0.0205. The summed E-state index contributed by atoms with van der Waals surface area (Å²) in [5.41, 5.74) is 0. The molecule has 1 atom stereocenters. The quantitative estimate of drug-likeness (QED) is 0.284. The van der Waals surface area contributed by atoms with Gasteiger partial charge in [0.25, 0.3) is 11.8 Å². The van der Waals surface area contributed by atoms with Crippen LogP contribution in [0.25, 0.3) is 0 Å². The number of amides is 4. The molecule has 10 nitrogen and oxygen atoms in total. The zero-order chi connectivity index (χ0) is 21.4. The highest BCUT2D eigenvalue weighted by Crippen LogP contribution is 2.18. The van der Waals surface area contributed by atoms with Gasteiger partial charge in [0.05, 0.1) is 12.5 Å². The molecule has 0 aromatic rings. The summed E-state index contributed by atoms with van der Waals surface area (Å²) in [6, 6.07) is -0.133. The Balaban J connectivity index is 1.58. The van der Waals surface area contributed by atoms with E-state index in [1.165, 1.54) is 0 Å². The first-order valence-electron chi connectivity index (χ1n) is 10.1. The minimum atomic E-state index is -0.770. The highest BCUT2D eigenvalue weighted by molar-refractivity contribution is 6.01. The van der Waals surface area contributed by atoms with Crippen molar-refractivity contribution in [2.45, 2.75) is 58.4 Å². The maximum Gasteiger partial charge on any atom is 0.334 e. The fraction of sp³-hybridized carbons (Fsp3) is 0.737. The number of hydrogen-bond acceptors (Lipinski definition) is 7. The Kier molecular flexibility index (Phi) is 8.56. The molecule has 2 aliphatic heterocycles. The molecular weight excluding hydrogens is 389 g/mol. The Hall–Kier alpha value is -2.49. The van der Waals surface area contributed by atoms with Crippen molar-refractivity contribution in [3.8, 4) is 0 Å². The SMILES string of the molecule is C[13CH](C)[13CH2]N1[13CH2][13CH2][13CH2][13CH]1C(=O)[15NH]CCC(=O)[15NH]CC[13C](=O)ON1C(=O)CCC1=O. The third-order valence-corrected chi connectivity index (χ3v) is 4.77. The van der Waals surface area contributed by atoms with Gasteiger partial charge >= 0.3 is 5.97 Å². The van der Waals surface area contributed by atoms with Crippen molar-refractivity contribution in [2.75, 3.05) is 26.2 Å². The van der Waals surface area contributed by atoms with E-state index in [4.69, 9.17) is 4.84 Å². The molecule has 2 aliphatic rings. The van der Waals surface area contributed by atoms with Crippen LogP contribution in [0.4, 0.5) is 0 Å². The third-order valence-electron chi connectivity index (χ3n) is 4.77. The molecule has 2 heterocycles. The van der Waals surface area contributed by atoms with E-state index in [-0.39, 0.29) is 56.6 Å². The van der Waals surface area contributed by atoms with Crippen molar-refractivity contribution in [3.05, 3.63) is 0 Å². The van der Waals surface area contributed by atoms with E-state index >= 15 is 0 Å². The van der Waals surface area contributed by atoms with Gasteiger partial charge in [0.1, 0.15) is 0 Å². The zero-order valence-corrected chi connectivity index (χ0v) is 17.1. The molecule has 29 heavy (non-hydrogen) atoms. The van der Waals surface area contributed by atoms with Crippen LogP contribution in [-0.4, -0.2) is 71.8 Å². The predicted molar refractivity (Wildman–Crippen MR) is 102 cm³/mol. The van der Waals surface area contributed by atoms with Crippen LogP contribution < -0.4 is 10.6 Å². The van der Waals surface area contributed by atoms with Gasteiger partial charge < -0.3 is 15.5 Å². The Morgan fingerprint density at radius 2 is 1.72 bits per heavy atom. The zero-order valence-electron chi connectivity index (χ0n) is 17.1. The second-order valence-electron chi connectivity index (χ2n) is 7.73. The van der Waals surface area contributed by atoms with Gasteiger partial charge in [0, 0.05) is 38.9 Å². The number of hydroxylamine groups is 2. The summed E-state index contributed by atoms with van der Waals surface area (Å²) in [5, 5.41) is 5.83. The van der Waals surface area contributed by atoms with Crippen LogP contribution in [0.5, 0.6) is 0 Å². The lowest BCUT2D eigenvalue weighted by Crippen LogP contribution is -2.45. The largest absolute Gasteiger partial charge is 0.355 e. The number of nitrogens with zero attached hydrogens (tertiary/aromatic N) is 2. The normalized spacial score (nSPS) is 19.7. The first kappa shape index (κ1) is 22.8. The molecule has 2 fully saturated rings. The molecule has 10 heteroatoms. The van der Waals surface area contributed by atoms with Crippen LogP contribution in [0.1, 0.15) is 52.4 Å². The Morgan fingerprint density at radius 1 is 1.07 bits per heavy atom. The summed E-state index contributed by atoms with van der Waals surface area (Å²) in [7, 11) is 0. The van der Waals surface area contributed by atoms with Crippen molar-refractivity contribution < 1.29 is 28.8 Å². The molecule has 2 N–H and O–H groups in total. The molecule has 0 saturated carbocycles. The molecule has 0 aliphatic carbocycles. The second kappa shape index (κ2) is 10.9. The molecule has 0 spiro atoms. The van der Waals surface area contributed by atoms with Crippen LogP contribution in [-0.2, 0) is 28.8 Å². The summed E-state index contributed by atoms with van der Waals surface area (Å²) >= 11 is 0. The molecule has 4 amide bonds. The summed E-state index contributed by atoms with van der Waals surface area (Å²) < 4.78 is 0. The van der Waals surface area contributed by atoms with Gasteiger partial charge in [-0.3, -0.25) is 24.1 Å². The summed E-state index contributed by atoms with van der Waals surface area (Å²) in [4.78, 5) is 65.4. The van der Waals surface area contributed by atoms with Crippen molar-refractivity contribution in [1.82, 2.24) is 20.6 Å². The van der Waals surface area contributed by atoms with E-state index in [2.05, 4.69) is 29.4 Å². The lowest BCUT2D eigenvalue weighted by atomic mass is 10.4. The van der Waals surface area contributed by atoms with Crippen LogP contribution in [0, 0.1) is 5.92 Å². The number of carbonyl (C=O) groups excluding carboxylic acids is 5. The van der Waals surface area contributed by atoms with Crippen molar-refractivity contribution in [2.24, 2.45) is 5.92 Å². The third kappa shape index (κ3) is 7.12. The van der Waals surface area contributed by atoms with Crippen molar-refractivity contribution in [1.29, 1.82) is 0 Å². The maximum absolute atomic E-state index is 12.3. The first-order chi connectivity index (χ1) is 13.8. The van der Waals surface area contributed by atoms with Gasteiger partial charge in [-0.05, 0) is 25.3 Å². The molecule has 2 saturated heterocycles. The van der Waals surface area contributed by atoms with Crippen molar-refractivity contribution >= 4 is 29.6 Å². The van der Waals surface area contributed by atoms with Crippen LogP contribution >= 0.6 is 0 Å². The van der Waals surface area contributed by atoms with Crippen molar-refractivity contribution in [3.63, 3.8) is 0 Å². The number of carbonyl (C=O) groups is 5. The van der Waals surface area contributed by atoms with Gasteiger partial charge in [-0.15, -0.1) is 5.06 Å². The maximum atomic E-state index is 12.3. The van der Waals surface area contributed by atoms with Gasteiger partial charge in [-0.1, -0.05) is 13.8 Å². The summed E-state index contributed by atoms with van der Waals surface area (Å²) in [6.45, 7) is 6.28. The highest BCUT2D eigenvalue weighted by atomic mass is 16.8. The minimum Gasteiger partial charge on any atom is -0.355 e. The van der Waals surface area contributed by atoms with E-state index in [9.17, 15) is 24.0 Å². The molecule has 0 bridgehead atoms. The smallest absolute Gasteiger partial charge is 0.334 e. The fourth-order valence-electron chi connectivity index (χ4n) is 3.43. The Labute approximate surface area is 170 Å². The van der Waals surface area contributed by atoms with Crippen LogP contribution in [0.3, 0.4) is 0 Å². The van der Waals surface area contributed by atoms with Gasteiger partial charge in [-0.2, -0.15) is 0 Å². The topological polar surface area (TPSA) is 125 Å². The molecule has 2 rings (SSSR count). The Bertz CT molecular complexity index is 635. The molecule has 0 aromatic heterocycles. The van der Waals surface area contributed by atoms with Gasteiger partial charge in [-0.25, -0.2) is 4.79 Å². The fourth-order valence-corrected chi connectivity index (χ4v) is 3.43. The molecule has 162 valence electrons. The van der Waals surface area contributed by atoms with Crippen LogP contribution in [0.2, 0.25) is 0 Å². The standard InChI is InChI=1S/C19H30N4O6/c1-13(2)12-22-11-3-4-14(22)19(28)21-9-7-15(24)20-10-8-18(27)29-23-16(25)5-6-17(23)26/h13-14H,3-12H2,1-2H3,(H,20,24)(H,21,28)/i3+1,4+1,11+1,12+1,13+1,14+1,18+1,20+1,21+1. The molecule has 0 radical (unpaired) electrons. The van der Waals surface area contributed by atoms with E-state index in [0.29, 0.717) is 11.0 Å². The van der Waals surface area contributed by atoms with E-state index < -0.39 is 17.8 Å². The highest BCUT2D eigenvalue weighted by Gasteiger charge is 2.33. The number of rotatable bonds is 10. The summed E-state index contributed by atoms with van der Waals surface area (Å²) in [6.07, 6.45) is 1.82. The van der Waals surface area contributed by atoms with Gasteiger partial charge in [0.2, 0.25) is 11.8 Å². The van der Waals surface area contributed by atoms with E-state index in [0.717, 1.165) is 25.9 Å². The number of likely N-dealkylation sites (tertiary alicyclic amines) is 1. The predicted octanol–water partition coefficient (Wildman–Crippen LogP) is -0.273. The second-order valence-corrected chi connectivity index (χ2v) is 7.73.